The highest BCUT2D eigenvalue weighted by Crippen LogP contribution is 2.21. The number of hydrogen-bond donors (Lipinski definition) is 2. The monoisotopic (exact) mass is 300 g/mol. The van der Waals surface area contributed by atoms with Gasteiger partial charge in [0.2, 0.25) is 10.0 Å². The van der Waals surface area contributed by atoms with Crippen molar-refractivity contribution in [1.29, 1.82) is 0 Å². The smallest absolute Gasteiger partial charge is 0.240 e. The maximum Gasteiger partial charge on any atom is 0.240 e. The Morgan fingerprint density at radius 2 is 1.95 bits per heavy atom. The van der Waals surface area contributed by atoms with Gasteiger partial charge in [-0.2, -0.15) is 0 Å². The van der Waals surface area contributed by atoms with E-state index >= 15 is 0 Å². The van der Waals surface area contributed by atoms with Gasteiger partial charge >= 0.3 is 0 Å². The normalized spacial score (nSPS) is 11.8. The number of nitrogen functional groups attached to an aromatic ring is 1. The van der Waals surface area contributed by atoms with Gasteiger partial charge in [0.25, 0.3) is 0 Å². The fraction of sp³-hybridized carbons (Fsp3) is 0.571. The number of hydrogen-bond acceptors (Lipinski definition) is 4. The van der Waals surface area contributed by atoms with Crippen LogP contribution in [0.2, 0.25) is 0 Å². The van der Waals surface area contributed by atoms with Crippen LogP contribution in [-0.2, 0) is 14.8 Å². The summed E-state index contributed by atoms with van der Waals surface area (Å²) in [4.78, 5) is 0.239. The fourth-order valence-corrected chi connectivity index (χ4v) is 3.17. The van der Waals surface area contributed by atoms with E-state index in [4.69, 9.17) is 10.5 Å². The number of aryl methyl sites for hydroxylation is 1. The maximum absolute atomic E-state index is 12.2. The van der Waals surface area contributed by atoms with Crippen molar-refractivity contribution in [2.45, 2.75) is 38.5 Å². The van der Waals surface area contributed by atoms with Crippen LogP contribution in [0.15, 0.2) is 17.0 Å². The first kappa shape index (κ1) is 16.9. The van der Waals surface area contributed by atoms with Crippen molar-refractivity contribution in [3.05, 3.63) is 23.3 Å². The van der Waals surface area contributed by atoms with Crippen molar-refractivity contribution in [3.8, 4) is 0 Å². The first-order valence-corrected chi connectivity index (χ1v) is 8.31. The summed E-state index contributed by atoms with van der Waals surface area (Å²) in [6.45, 7) is 7.00. The maximum atomic E-state index is 12.2. The number of anilines is 1. The van der Waals surface area contributed by atoms with Gasteiger partial charge in [0.15, 0.2) is 0 Å². The van der Waals surface area contributed by atoms with E-state index in [0.717, 1.165) is 24.0 Å². The van der Waals surface area contributed by atoms with Gasteiger partial charge in [0, 0.05) is 18.8 Å². The van der Waals surface area contributed by atoms with E-state index in [-0.39, 0.29) is 11.4 Å². The molecule has 0 aliphatic rings. The van der Waals surface area contributed by atoms with Gasteiger partial charge in [-0.25, -0.2) is 13.1 Å². The second-order valence-corrected chi connectivity index (χ2v) is 6.56. The molecule has 20 heavy (non-hydrogen) atoms. The molecule has 5 nitrogen and oxygen atoms in total. The number of benzene rings is 1. The topological polar surface area (TPSA) is 81.4 Å². The third-order valence-electron chi connectivity index (χ3n) is 3.11. The van der Waals surface area contributed by atoms with Crippen LogP contribution in [0.3, 0.4) is 0 Å². The summed E-state index contributed by atoms with van der Waals surface area (Å²) in [6.07, 6.45) is 2.05. The summed E-state index contributed by atoms with van der Waals surface area (Å²) >= 11 is 0. The lowest BCUT2D eigenvalue weighted by molar-refractivity contribution is 0.136. The van der Waals surface area contributed by atoms with Gasteiger partial charge in [-0.3, -0.25) is 0 Å². The first-order valence-electron chi connectivity index (χ1n) is 6.82. The molecule has 114 valence electrons. The second kappa shape index (κ2) is 7.61. The Balaban J connectivity index is 2.65. The Morgan fingerprint density at radius 3 is 2.60 bits per heavy atom. The molecule has 0 saturated carbocycles. The lowest BCUT2D eigenvalue weighted by atomic mass is 10.1. The standard InChI is InChI=1S/C14H24N2O3S/c1-4-5-7-19-8-6-16-20(17,18)14-10-13(15)9-11(2)12(14)3/h9-10,16H,4-8,15H2,1-3H3. The molecule has 0 aliphatic heterocycles. The predicted molar refractivity (Wildman–Crippen MR) is 81.2 cm³/mol. The summed E-state index contributed by atoms with van der Waals surface area (Å²) in [7, 11) is -3.54. The molecule has 3 N–H and O–H groups in total. The number of unbranched alkanes of at least 4 members (excludes halogenated alkanes) is 1. The quantitative estimate of drug-likeness (QED) is 0.568. The summed E-state index contributed by atoms with van der Waals surface area (Å²) < 4.78 is 32.3. The molecule has 0 atom stereocenters. The van der Waals surface area contributed by atoms with E-state index in [1.807, 2.05) is 6.92 Å². The molecule has 0 unspecified atom stereocenters. The second-order valence-electron chi connectivity index (χ2n) is 4.82. The fourth-order valence-electron chi connectivity index (χ4n) is 1.81. The largest absolute Gasteiger partial charge is 0.399 e. The van der Waals surface area contributed by atoms with Crippen LogP contribution in [0.25, 0.3) is 0 Å². The highest BCUT2D eigenvalue weighted by atomic mass is 32.2. The third-order valence-corrected chi connectivity index (χ3v) is 4.70. The summed E-state index contributed by atoms with van der Waals surface area (Å²) in [5.74, 6) is 0. The predicted octanol–water partition coefficient (Wildman–Crippen LogP) is 1.98. The Bertz CT molecular complexity index is 542. The van der Waals surface area contributed by atoms with Crippen LogP contribution < -0.4 is 10.5 Å². The molecule has 0 spiro atoms. The molecule has 0 aromatic heterocycles. The molecule has 0 aliphatic carbocycles. The molecule has 0 amide bonds. The van der Waals surface area contributed by atoms with Crippen LogP contribution in [-0.4, -0.2) is 28.2 Å². The van der Waals surface area contributed by atoms with Gasteiger partial charge in [-0.05, 0) is 43.5 Å². The number of sulfonamides is 1. The highest BCUT2D eigenvalue weighted by molar-refractivity contribution is 7.89. The molecule has 6 heteroatoms. The van der Waals surface area contributed by atoms with Crippen molar-refractivity contribution in [2.24, 2.45) is 0 Å². The van der Waals surface area contributed by atoms with Gasteiger partial charge in [0.1, 0.15) is 0 Å². The van der Waals surface area contributed by atoms with E-state index in [0.29, 0.717) is 18.9 Å². The molecule has 0 bridgehead atoms. The van der Waals surface area contributed by atoms with E-state index in [1.165, 1.54) is 6.07 Å². The SMILES string of the molecule is CCCCOCCNS(=O)(=O)c1cc(N)cc(C)c1C. The number of rotatable bonds is 8. The molecule has 0 radical (unpaired) electrons. The molecule has 1 rings (SSSR count). The molecule has 0 heterocycles. The molecule has 1 aromatic rings. The van der Waals surface area contributed by atoms with Crippen LogP contribution in [0.4, 0.5) is 5.69 Å². The van der Waals surface area contributed by atoms with Crippen molar-refractivity contribution < 1.29 is 13.2 Å². The van der Waals surface area contributed by atoms with E-state index < -0.39 is 10.0 Å². The van der Waals surface area contributed by atoms with Crippen molar-refractivity contribution in [3.63, 3.8) is 0 Å². The van der Waals surface area contributed by atoms with Gasteiger partial charge in [0.05, 0.1) is 11.5 Å². The third kappa shape index (κ3) is 4.77. The Kier molecular flexibility index (Phi) is 6.45. The van der Waals surface area contributed by atoms with E-state index in [2.05, 4.69) is 11.6 Å². The van der Waals surface area contributed by atoms with Crippen molar-refractivity contribution >= 4 is 15.7 Å². The zero-order chi connectivity index (χ0) is 15.2. The first-order chi connectivity index (χ1) is 9.38. The van der Waals surface area contributed by atoms with Crippen LogP contribution in [0, 0.1) is 13.8 Å². The van der Waals surface area contributed by atoms with E-state index in [1.54, 1.807) is 13.0 Å². The molecule has 0 saturated heterocycles. The van der Waals surface area contributed by atoms with Crippen LogP contribution in [0.1, 0.15) is 30.9 Å². The van der Waals surface area contributed by atoms with Crippen LogP contribution >= 0.6 is 0 Å². The number of ether oxygens (including phenoxy) is 1. The van der Waals surface area contributed by atoms with Crippen molar-refractivity contribution in [2.75, 3.05) is 25.5 Å². The molecular formula is C14H24N2O3S. The zero-order valence-electron chi connectivity index (χ0n) is 12.4. The minimum atomic E-state index is -3.54. The zero-order valence-corrected chi connectivity index (χ0v) is 13.2. The number of nitrogens with one attached hydrogen (secondary N) is 1. The van der Waals surface area contributed by atoms with E-state index in [9.17, 15) is 8.42 Å². The van der Waals surface area contributed by atoms with Crippen molar-refractivity contribution in [1.82, 2.24) is 4.72 Å². The molecule has 0 fully saturated rings. The average molecular weight is 300 g/mol. The lowest BCUT2D eigenvalue weighted by Crippen LogP contribution is -2.28. The Labute approximate surface area is 121 Å². The number of nitrogens with two attached hydrogens (primary N) is 1. The Morgan fingerprint density at radius 1 is 1.25 bits per heavy atom. The minimum Gasteiger partial charge on any atom is -0.399 e. The average Bonchev–Trinajstić information content (AvgIpc) is 2.37. The summed E-state index contributed by atoms with van der Waals surface area (Å²) in [5, 5.41) is 0. The van der Waals surface area contributed by atoms with Gasteiger partial charge < -0.3 is 10.5 Å². The summed E-state index contributed by atoms with van der Waals surface area (Å²) in [5.41, 5.74) is 7.76. The lowest BCUT2D eigenvalue weighted by Gasteiger charge is -2.12. The summed E-state index contributed by atoms with van der Waals surface area (Å²) in [6, 6.07) is 3.25. The van der Waals surface area contributed by atoms with Gasteiger partial charge in [-0.1, -0.05) is 13.3 Å². The highest BCUT2D eigenvalue weighted by Gasteiger charge is 2.17. The Hall–Kier alpha value is -1.11. The van der Waals surface area contributed by atoms with Gasteiger partial charge in [-0.15, -0.1) is 0 Å². The minimum absolute atomic E-state index is 0.239. The molecule has 1 aromatic carbocycles. The van der Waals surface area contributed by atoms with Crippen LogP contribution in [0.5, 0.6) is 0 Å². The molecular weight excluding hydrogens is 276 g/mol.